The second-order valence-corrected chi connectivity index (χ2v) is 8.17. The number of aliphatic imine (C=N–C) groups is 1. The number of likely N-dealkylation sites (tertiary alicyclic amines) is 1. The quantitative estimate of drug-likeness (QED) is 0.553. The molecule has 2 N–H and O–H groups in total. The van der Waals surface area contributed by atoms with Gasteiger partial charge < -0.3 is 15.1 Å². The summed E-state index contributed by atoms with van der Waals surface area (Å²) in [5, 5.41) is 10.3. The fraction of sp³-hybridized carbons (Fsp3) is 0.545. The highest BCUT2D eigenvalue weighted by molar-refractivity contribution is 5.82. The minimum absolute atomic E-state index is 0.0472. The van der Waals surface area contributed by atoms with E-state index in [1.165, 1.54) is 6.33 Å². The van der Waals surface area contributed by atoms with E-state index in [4.69, 9.17) is 0 Å². The van der Waals surface area contributed by atoms with Gasteiger partial charge in [0, 0.05) is 58.4 Å². The van der Waals surface area contributed by atoms with Gasteiger partial charge in [0.05, 0.1) is 6.04 Å². The molecule has 31 heavy (non-hydrogen) atoms. The predicted octanol–water partition coefficient (Wildman–Crippen LogP) is 1.18. The summed E-state index contributed by atoms with van der Waals surface area (Å²) in [7, 11) is 1.82. The lowest BCUT2D eigenvalue weighted by molar-refractivity contribution is -0.135. The Morgan fingerprint density at radius 2 is 1.94 bits per heavy atom. The van der Waals surface area contributed by atoms with Gasteiger partial charge in [-0.2, -0.15) is 5.10 Å². The van der Waals surface area contributed by atoms with Crippen LogP contribution in [0.2, 0.25) is 0 Å². The van der Waals surface area contributed by atoms with Gasteiger partial charge in [0.1, 0.15) is 6.33 Å². The lowest BCUT2D eigenvalue weighted by Crippen LogP contribution is -2.57. The molecule has 1 unspecified atom stereocenters. The standard InChI is InChI=1S/C22H32N8O/c1-17(21(31)29-8-3-4-9-29)28-10-12-30(13-11-28)22(23-2)24-15-18-6-5-7-19(14-18)20-25-16-26-27-20/h5-7,14,16-17H,3-4,8-13,15H2,1-2H3,(H,23,24)(H,25,26,27). The highest BCUT2D eigenvalue weighted by Gasteiger charge is 2.30. The summed E-state index contributed by atoms with van der Waals surface area (Å²) in [4.78, 5) is 28.0. The van der Waals surface area contributed by atoms with Crippen LogP contribution in [0.25, 0.3) is 11.4 Å². The number of benzene rings is 1. The fourth-order valence-electron chi connectivity index (χ4n) is 4.37. The highest BCUT2D eigenvalue weighted by atomic mass is 16.2. The molecule has 2 fully saturated rings. The Balaban J connectivity index is 1.29. The number of carbonyl (C=O) groups is 1. The van der Waals surface area contributed by atoms with Crippen molar-refractivity contribution >= 4 is 11.9 Å². The van der Waals surface area contributed by atoms with Crippen LogP contribution in [0.1, 0.15) is 25.3 Å². The van der Waals surface area contributed by atoms with Gasteiger partial charge in [0.25, 0.3) is 0 Å². The fourth-order valence-corrected chi connectivity index (χ4v) is 4.37. The maximum atomic E-state index is 12.7. The number of guanidine groups is 1. The van der Waals surface area contributed by atoms with Gasteiger partial charge >= 0.3 is 0 Å². The molecular weight excluding hydrogens is 392 g/mol. The van der Waals surface area contributed by atoms with Crippen LogP contribution in [0.15, 0.2) is 35.6 Å². The lowest BCUT2D eigenvalue weighted by atomic mass is 10.1. The second kappa shape index (κ2) is 9.91. The third kappa shape index (κ3) is 5.04. The zero-order chi connectivity index (χ0) is 21.6. The van der Waals surface area contributed by atoms with Crippen LogP contribution in [-0.2, 0) is 11.3 Å². The molecule has 2 aromatic rings. The van der Waals surface area contributed by atoms with E-state index in [0.29, 0.717) is 6.54 Å². The Morgan fingerprint density at radius 3 is 2.61 bits per heavy atom. The minimum Gasteiger partial charge on any atom is -0.352 e. The van der Waals surface area contributed by atoms with E-state index in [0.717, 1.165) is 75.0 Å². The number of carbonyl (C=O) groups excluding carboxylic acids is 1. The molecule has 0 saturated carbocycles. The third-order valence-electron chi connectivity index (χ3n) is 6.21. The molecule has 9 nitrogen and oxygen atoms in total. The summed E-state index contributed by atoms with van der Waals surface area (Å²) < 4.78 is 0. The molecule has 4 rings (SSSR count). The number of aromatic nitrogens is 3. The van der Waals surface area contributed by atoms with Crippen LogP contribution >= 0.6 is 0 Å². The van der Waals surface area contributed by atoms with Crippen molar-refractivity contribution in [3.8, 4) is 11.4 Å². The Kier molecular flexibility index (Phi) is 6.81. The van der Waals surface area contributed by atoms with E-state index in [2.05, 4.69) is 47.4 Å². The molecule has 1 aromatic carbocycles. The normalized spacial score (nSPS) is 19.0. The van der Waals surface area contributed by atoms with Gasteiger partial charge in [-0.1, -0.05) is 18.2 Å². The van der Waals surface area contributed by atoms with Crippen LogP contribution in [0, 0.1) is 0 Å². The number of amides is 1. The summed E-state index contributed by atoms with van der Waals surface area (Å²) in [6, 6.07) is 8.18. The van der Waals surface area contributed by atoms with Crippen LogP contribution < -0.4 is 5.32 Å². The molecule has 0 bridgehead atoms. The number of nitrogens with one attached hydrogen (secondary N) is 2. The molecule has 1 atom stereocenters. The first-order chi connectivity index (χ1) is 15.2. The molecule has 2 aliphatic heterocycles. The molecule has 2 aliphatic rings. The number of nitrogens with zero attached hydrogens (tertiary/aromatic N) is 6. The molecule has 2 saturated heterocycles. The number of rotatable bonds is 5. The van der Waals surface area contributed by atoms with E-state index in [1.54, 1.807) is 0 Å². The SMILES string of the molecule is CN=C(NCc1cccc(-c2ncn[nH]2)c1)N1CCN(C(C)C(=O)N2CCCC2)CC1. The number of piperazine rings is 1. The van der Waals surface area contributed by atoms with Gasteiger partial charge in [-0.25, -0.2) is 4.98 Å². The molecule has 0 radical (unpaired) electrons. The van der Waals surface area contributed by atoms with Gasteiger partial charge in [0.2, 0.25) is 5.91 Å². The third-order valence-corrected chi connectivity index (χ3v) is 6.21. The molecular formula is C22H32N8O. The van der Waals surface area contributed by atoms with Crippen molar-refractivity contribution in [1.82, 2.24) is 35.2 Å². The van der Waals surface area contributed by atoms with Crippen molar-refractivity contribution < 1.29 is 4.79 Å². The summed E-state index contributed by atoms with van der Waals surface area (Å²) in [5.74, 6) is 1.93. The lowest BCUT2D eigenvalue weighted by Gasteiger charge is -2.39. The van der Waals surface area contributed by atoms with Crippen LogP contribution in [0.3, 0.4) is 0 Å². The number of hydrogen-bond donors (Lipinski definition) is 2. The largest absolute Gasteiger partial charge is 0.352 e. The van der Waals surface area contributed by atoms with Crippen LogP contribution in [-0.4, -0.2) is 94.1 Å². The van der Waals surface area contributed by atoms with Crippen molar-refractivity contribution in [2.75, 3.05) is 46.3 Å². The number of aromatic amines is 1. The predicted molar refractivity (Wildman–Crippen MR) is 120 cm³/mol. The Bertz CT molecular complexity index is 883. The zero-order valence-corrected chi connectivity index (χ0v) is 18.4. The summed E-state index contributed by atoms with van der Waals surface area (Å²) >= 11 is 0. The maximum Gasteiger partial charge on any atom is 0.239 e. The molecule has 9 heteroatoms. The van der Waals surface area contributed by atoms with Crippen LogP contribution in [0.5, 0.6) is 0 Å². The first kappa shape index (κ1) is 21.3. The first-order valence-corrected chi connectivity index (χ1v) is 11.1. The van der Waals surface area contributed by atoms with Gasteiger partial charge in [-0.05, 0) is 31.4 Å². The van der Waals surface area contributed by atoms with E-state index in [9.17, 15) is 4.79 Å². The zero-order valence-electron chi connectivity index (χ0n) is 18.4. The number of H-pyrrole nitrogens is 1. The van der Waals surface area contributed by atoms with E-state index < -0.39 is 0 Å². The average Bonchev–Trinajstić information content (AvgIpc) is 3.54. The molecule has 166 valence electrons. The van der Waals surface area contributed by atoms with Gasteiger partial charge in [0.15, 0.2) is 11.8 Å². The topological polar surface area (TPSA) is 92.7 Å². The Morgan fingerprint density at radius 1 is 1.16 bits per heavy atom. The van der Waals surface area contributed by atoms with E-state index >= 15 is 0 Å². The van der Waals surface area contributed by atoms with Crippen molar-refractivity contribution in [1.29, 1.82) is 0 Å². The summed E-state index contributed by atoms with van der Waals surface area (Å²) in [5.41, 5.74) is 2.16. The second-order valence-electron chi connectivity index (χ2n) is 8.17. The smallest absolute Gasteiger partial charge is 0.239 e. The summed E-state index contributed by atoms with van der Waals surface area (Å²) in [6.45, 7) is 7.99. The van der Waals surface area contributed by atoms with Crippen molar-refractivity contribution in [2.45, 2.75) is 32.4 Å². The molecule has 1 amide bonds. The molecule has 0 spiro atoms. The Labute approximate surface area is 183 Å². The molecule has 0 aliphatic carbocycles. The highest BCUT2D eigenvalue weighted by Crippen LogP contribution is 2.16. The Hall–Kier alpha value is -2.94. The molecule has 3 heterocycles. The van der Waals surface area contributed by atoms with E-state index in [-0.39, 0.29) is 11.9 Å². The van der Waals surface area contributed by atoms with Gasteiger partial charge in [-0.3, -0.25) is 19.8 Å². The maximum absolute atomic E-state index is 12.7. The monoisotopic (exact) mass is 424 g/mol. The molecule has 1 aromatic heterocycles. The van der Waals surface area contributed by atoms with E-state index in [1.807, 2.05) is 31.0 Å². The minimum atomic E-state index is -0.0472. The van der Waals surface area contributed by atoms with Crippen LogP contribution in [0.4, 0.5) is 0 Å². The number of hydrogen-bond acceptors (Lipinski definition) is 5. The first-order valence-electron chi connectivity index (χ1n) is 11.1. The van der Waals surface area contributed by atoms with Crippen molar-refractivity contribution in [3.63, 3.8) is 0 Å². The average molecular weight is 425 g/mol. The van der Waals surface area contributed by atoms with Crippen molar-refractivity contribution in [3.05, 3.63) is 36.2 Å². The summed E-state index contributed by atoms with van der Waals surface area (Å²) in [6.07, 6.45) is 3.78. The van der Waals surface area contributed by atoms with Gasteiger partial charge in [-0.15, -0.1) is 0 Å². The van der Waals surface area contributed by atoms with Crippen molar-refractivity contribution in [2.24, 2.45) is 4.99 Å².